The first-order chi connectivity index (χ1) is 5.83. The van der Waals surface area contributed by atoms with Crippen LogP contribution in [0.3, 0.4) is 0 Å². The smallest absolute Gasteiger partial charge is 0.164 e. The van der Waals surface area contributed by atoms with Crippen molar-refractivity contribution >= 4 is 5.84 Å². The maximum absolute atomic E-state index is 8.29. The van der Waals surface area contributed by atoms with E-state index in [1.807, 2.05) is 0 Å². The molecule has 70 valence electrons. The lowest BCUT2D eigenvalue weighted by Crippen LogP contribution is -2.24. The lowest BCUT2D eigenvalue weighted by molar-refractivity contribution is -0.120. The van der Waals surface area contributed by atoms with E-state index in [-0.39, 0.29) is 12.1 Å². The Balaban J connectivity index is 2.29. The van der Waals surface area contributed by atoms with Gasteiger partial charge in [-0.3, -0.25) is 0 Å². The van der Waals surface area contributed by atoms with Gasteiger partial charge in [0.2, 0.25) is 0 Å². The highest BCUT2D eigenvalue weighted by Crippen LogP contribution is 2.08. The molecule has 1 heterocycles. The molecule has 0 amide bonds. The van der Waals surface area contributed by atoms with Crippen LogP contribution in [0.15, 0.2) is 5.16 Å². The van der Waals surface area contributed by atoms with Crippen molar-refractivity contribution in [2.75, 3.05) is 13.2 Å². The summed E-state index contributed by atoms with van der Waals surface area (Å²) < 4.78 is 10.6. The van der Waals surface area contributed by atoms with E-state index in [9.17, 15) is 0 Å². The average molecular weight is 174 g/mol. The summed E-state index contributed by atoms with van der Waals surface area (Å²) in [4.78, 5) is 0. The van der Waals surface area contributed by atoms with Crippen molar-refractivity contribution in [2.45, 2.75) is 25.6 Å². The Morgan fingerprint density at radius 1 is 1.42 bits per heavy atom. The molecule has 0 atom stereocenters. The third-order valence-electron chi connectivity index (χ3n) is 1.65. The van der Waals surface area contributed by atoms with Gasteiger partial charge < -0.3 is 20.4 Å². The van der Waals surface area contributed by atoms with Crippen molar-refractivity contribution in [3.05, 3.63) is 0 Å². The summed E-state index contributed by atoms with van der Waals surface area (Å²) >= 11 is 0. The molecule has 1 aliphatic rings. The van der Waals surface area contributed by atoms with Gasteiger partial charge in [-0.2, -0.15) is 0 Å². The third-order valence-corrected chi connectivity index (χ3v) is 1.65. The molecule has 1 aliphatic heterocycles. The molecule has 0 unspecified atom stereocenters. The molecule has 0 spiro atoms. The van der Waals surface area contributed by atoms with E-state index in [1.165, 1.54) is 0 Å². The summed E-state index contributed by atoms with van der Waals surface area (Å²) in [6.07, 6.45) is 2.00. The molecule has 0 bridgehead atoms. The fraction of sp³-hybridized carbons (Fsp3) is 0.857. The molecule has 0 aromatic carbocycles. The number of ether oxygens (including phenoxy) is 2. The van der Waals surface area contributed by atoms with Crippen molar-refractivity contribution < 1.29 is 14.7 Å². The second kappa shape index (κ2) is 4.95. The van der Waals surface area contributed by atoms with Gasteiger partial charge in [0.15, 0.2) is 6.29 Å². The fourth-order valence-electron chi connectivity index (χ4n) is 1.01. The molecule has 0 aromatic rings. The Kier molecular flexibility index (Phi) is 3.83. The van der Waals surface area contributed by atoms with Crippen LogP contribution in [0.25, 0.3) is 0 Å². The van der Waals surface area contributed by atoms with Crippen molar-refractivity contribution in [3.63, 3.8) is 0 Å². The molecule has 0 aromatic heterocycles. The van der Waals surface area contributed by atoms with E-state index in [0.29, 0.717) is 19.6 Å². The van der Waals surface area contributed by atoms with E-state index in [0.717, 1.165) is 12.8 Å². The molecule has 0 aliphatic carbocycles. The molecule has 0 saturated carbocycles. The second-order valence-electron chi connectivity index (χ2n) is 2.67. The minimum Gasteiger partial charge on any atom is -0.409 e. The summed E-state index contributed by atoms with van der Waals surface area (Å²) in [6.45, 7) is 1.37. The van der Waals surface area contributed by atoms with Gasteiger partial charge in [-0.05, 0) is 12.8 Å². The highest BCUT2D eigenvalue weighted by molar-refractivity contribution is 5.79. The summed E-state index contributed by atoms with van der Waals surface area (Å²) in [7, 11) is 0. The second-order valence-corrected chi connectivity index (χ2v) is 2.67. The van der Waals surface area contributed by atoms with Gasteiger partial charge in [0.05, 0.1) is 6.42 Å². The van der Waals surface area contributed by atoms with Gasteiger partial charge in [0.25, 0.3) is 0 Å². The number of hydrogen-bond donors (Lipinski definition) is 2. The van der Waals surface area contributed by atoms with Gasteiger partial charge in [0.1, 0.15) is 5.84 Å². The van der Waals surface area contributed by atoms with Crippen molar-refractivity contribution in [3.8, 4) is 0 Å². The van der Waals surface area contributed by atoms with Crippen LogP contribution in [-0.4, -0.2) is 30.5 Å². The first-order valence-electron chi connectivity index (χ1n) is 4.02. The Labute approximate surface area is 71.1 Å². The first-order valence-corrected chi connectivity index (χ1v) is 4.02. The number of nitrogens with zero attached hydrogens (tertiary/aromatic N) is 1. The number of nitrogens with two attached hydrogens (primary N) is 1. The monoisotopic (exact) mass is 174 g/mol. The standard InChI is InChI=1S/C7H14N2O3/c8-6(9-10)5-7-11-3-1-2-4-12-7/h7,10H,1-5H2,(H2,8,9). The van der Waals surface area contributed by atoms with E-state index in [2.05, 4.69) is 5.16 Å². The summed E-state index contributed by atoms with van der Waals surface area (Å²) in [5.41, 5.74) is 5.29. The number of amidine groups is 1. The zero-order valence-corrected chi connectivity index (χ0v) is 6.90. The van der Waals surface area contributed by atoms with Crippen LogP contribution in [-0.2, 0) is 9.47 Å². The predicted molar refractivity (Wildman–Crippen MR) is 43.0 cm³/mol. The van der Waals surface area contributed by atoms with Gasteiger partial charge >= 0.3 is 0 Å². The molecule has 0 radical (unpaired) electrons. The molecule has 3 N–H and O–H groups in total. The molecular formula is C7H14N2O3. The quantitative estimate of drug-likeness (QED) is 0.273. The lowest BCUT2D eigenvalue weighted by atomic mass is 10.3. The highest BCUT2D eigenvalue weighted by atomic mass is 16.7. The van der Waals surface area contributed by atoms with Crippen molar-refractivity contribution in [2.24, 2.45) is 10.9 Å². The van der Waals surface area contributed by atoms with E-state index < -0.39 is 0 Å². The third kappa shape index (κ3) is 3.06. The maximum atomic E-state index is 8.29. The normalized spacial score (nSPS) is 22.2. The van der Waals surface area contributed by atoms with Crippen LogP contribution in [0.4, 0.5) is 0 Å². The van der Waals surface area contributed by atoms with Crippen molar-refractivity contribution in [1.29, 1.82) is 0 Å². The van der Waals surface area contributed by atoms with Crippen LogP contribution in [0.1, 0.15) is 19.3 Å². The molecule has 5 nitrogen and oxygen atoms in total. The zero-order valence-electron chi connectivity index (χ0n) is 6.90. The Morgan fingerprint density at radius 2 is 2.00 bits per heavy atom. The fourth-order valence-corrected chi connectivity index (χ4v) is 1.01. The number of rotatable bonds is 2. The summed E-state index contributed by atoms with van der Waals surface area (Å²) in [6, 6.07) is 0. The minimum atomic E-state index is -0.344. The zero-order chi connectivity index (χ0) is 8.81. The molecule has 1 fully saturated rings. The van der Waals surface area contributed by atoms with Crippen LogP contribution in [0.2, 0.25) is 0 Å². The molecule has 5 heteroatoms. The van der Waals surface area contributed by atoms with Gasteiger partial charge in [0, 0.05) is 13.2 Å². The molecule has 1 saturated heterocycles. The predicted octanol–water partition coefficient (Wildman–Crippen LogP) is 0.276. The van der Waals surface area contributed by atoms with Crippen LogP contribution in [0.5, 0.6) is 0 Å². The van der Waals surface area contributed by atoms with Gasteiger partial charge in [-0.1, -0.05) is 5.16 Å². The minimum absolute atomic E-state index is 0.141. The number of oxime groups is 1. The largest absolute Gasteiger partial charge is 0.409 e. The molecule has 12 heavy (non-hydrogen) atoms. The van der Waals surface area contributed by atoms with E-state index in [4.69, 9.17) is 20.4 Å². The van der Waals surface area contributed by atoms with Gasteiger partial charge in [-0.15, -0.1) is 0 Å². The van der Waals surface area contributed by atoms with Crippen LogP contribution in [0, 0.1) is 0 Å². The Morgan fingerprint density at radius 3 is 2.50 bits per heavy atom. The maximum Gasteiger partial charge on any atom is 0.164 e. The Bertz CT molecular complexity index is 153. The summed E-state index contributed by atoms with van der Waals surface area (Å²) in [5, 5.41) is 11.1. The Hall–Kier alpha value is -0.810. The number of hydrogen-bond acceptors (Lipinski definition) is 4. The van der Waals surface area contributed by atoms with E-state index in [1.54, 1.807) is 0 Å². The first kappa shape index (κ1) is 9.28. The van der Waals surface area contributed by atoms with E-state index >= 15 is 0 Å². The summed E-state index contributed by atoms with van der Waals surface area (Å²) in [5.74, 6) is 0.141. The highest BCUT2D eigenvalue weighted by Gasteiger charge is 2.14. The molecular weight excluding hydrogens is 160 g/mol. The van der Waals surface area contributed by atoms with Crippen LogP contribution < -0.4 is 5.73 Å². The average Bonchev–Trinajstić information content (AvgIpc) is 2.33. The SMILES string of the molecule is N/C(CC1OCCCCO1)=N\O. The lowest BCUT2D eigenvalue weighted by Gasteiger charge is -2.13. The van der Waals surface area contributed by atoms with Crippen LogP contribution >= 0.6 is 0 Å². The van der Waals surface area contributed by atoms with Crippen molar-refractivity contribution in [1.82, 2.24) is 0 Å². The van der Waals surface area contributed by atoms with Gasteiger partial charge in [-0.25, -0.2) is 0 Å². The molecule has 1 rings (SSSR count). The topological polar surface area (TPSA) is 77.1 Å².